The van der Waals surface area contributed by atoms with E-state index in [1.54, 1.807) is 0 Å². The zero-order valence-corrected chi connectivity index (χ0v) is 9.15. The summed E-state index contributed by atoms with van der Waals surface area (Å²) in [6.07, 6.45) is 7.62. The van der Waals surface area contributed by atoms with Gasteiger partial charge in [0.2, 0.25) is 0 Å². The highest BCUT2D eigenvalue weighted by atomic mass is 32.1. The van der Waals surface area contributed by atoms with Gasteiger partial charge in [0.1, 0.15) is 0 Å². The Morgan fingerprint density at radius 1 is 1.21 bits per heavy atom. The second-order valence-electron chi connectivity index (χ2n) is 4.49. The largest absolute Gasteiger partial charge is 0.323 e. The van der Waals surface area contributed by atoms with Crippen LogP contribution in [0.1, 0.15) is 59.6 Å². The second kappa shape index (κ2) is 3.31. The van der Waals surface area contributed by atoms with Crippen LogP contribution in [0.4, 0.5) is 0 Å². The Labute approximate surface area is 88.5 Å². The zero-order valence-electron chi connectivity index (χ0n) is 8.33. The molecule has 2 N–H and O–H groups in total. The molecule has 0 spiro atoms. The summed E-state index contributed by atoms with van der Waals surface area (Å²) in [6.45, 7) is 0. The standard InChI is InChI=1S/C11H16N2S/c12-8-5-2-6-9-10(8)14-11(13-9)7-3-1-4-7/h7-8H,1-6,12H2. The number of aryl methyl sites for hydroxylation is 1. The van der Waals surface area contributed by atoms with Crippen molar-refractivity contribution in [2.24, 2.45) is 5.73 Å². The Kier molecular flexibility index (Phi) is 2.10. The smallest absolute Gasteiger partial charge is 0.0962 e. The van der Waals surface area contributed by atoms with Crippen molar-refractivity contribution in [3.8, 4) is 0 Å². The molecule has 0 aliphatic heterocycles. The normalized spacial score (nSPS) is 27.1. The summed E-state index contributed by atoms with van der Waals surface area (Å²) >= 11 is 1.89. The molecule has 14 heavy (non-hydrogen) atoms. The minimum Gasteiger partial charge on any atom is -0.323 e. The van der Waals surface area contributed by atoms with E-state index < -0.39 is 0 Å². The molecule has 1 unspecified atom stereocenters. The van der Waals surface area contributed by atoms with Gasteiger partial charge in [0.05, 0.1) is 10.7 Å². The van der Waals surface area contributed by atoms with E-state index >= 15 is 0 Å². The average Bonchev–Trinajstić information content (AvgIpc) is 2.46. The third-order valence-corrected chi connectivity index (χ3v) is 4.86. The molecule has 0 saturated heterocycles. The van der Waals surface area contributed by atoms with Crippen molar-refractivity contribution < 1.29 is 0 Å². The highest BCUT2D eigenvalue weighted by molar-refractivity contribution is 7.12. The van der Waals surface area contributed by atoms with Crippen molar-refractivity contribution >= 4 is 11.3 Å². The Bertz CT molecular complexity index is 341. The number of hydrogen-bond donors (Lipinski definition) is 1. The topological polar surface area (TPSA) is 38.9 Å². The summed E-state index contributed by atoms with van der Waals surface area (Å²) in [5, 5.41) is 1.37. The van der Waals surface area contributed by atoms with E-state index in [0.29, 0.717) is 0 Å². The number of aromatic nitrogens is 1. The number of fused-ring (bicyclic) bond motifs is 1. The minimum atomic E-state index is 0.282. The fourth-order valence-electron chi connectivity index (χ4n) is 2.30. The van der Waals surface area contributed by atoms with Crippen LogP contribution in [-0.2, 0) is 6.42 Å². The molecule has 1 saturated carbocycles. The third-order valence-electron chi connectivity index (χ3n) is 3.46. The predicted molar refractivity (Wildman–Crippen MR) is 58.6 cm³/mol. The van der Waals surface area contributed by atoms with Crippen molar-refractivity contribution in [3.05, 3.63) is 15.6 Å². The Balaban J connectivity index is 1.93. The highest BCUT2D eigenvalue weighted by Gasteiger charge is 2.27. The van der Waals surface area contributed by atoms with E-state index in [1.165, 1.54) is 41.3 Å². The molecule has 0 radical (unpaired) electrons. The van der Waals surface area contributed by atoms with E-state index in [-0.39, 0.29) is 6.04 Å². The molecule has 3 heteroatoms. The molecular weight excluding hydrogens is 192 g/mol. The fourth-order valence-corrected chi connectivity index (χ4v) is 3.62. The van der Waals surface area contributed by atoms with Crippen molar-refractivity contribution in [2.45, 2.75) is 50.5 Å². The van der Waals surface area contributed by atoms with Crippen LogP contribution in [0, 0.1) is 0 Å². The van der Waals surface area contributed by atoms with Gasteiger partial charge < -0.3 is 5.73 Å². The maximum absolute atomic E-state index is 6.09. The number of nitrogens with two attached hydrogens (primary N) is 1. The van der Waals surface area contributed by atoms with Gasteiger partial charge in [0.15, 0.2) is 0 Å². The molecule has 2 aliphatic rings. The van der Waals surface area contributed by atoms with Gasteiger partial charge in [-0.25, -0.2) is 4.98 Å². The van der Waals surface area contributed by atoms with E-state index in [2.05, 4.69) is 0 Å². The van der Waals surface area contributed by atoms with Crippen LogP contribution >= 0.6 is 11.3 Å². The third kappa shape index (κ3) is 1.30. The van der Waals surface area contributed by atoms with Crippen LogP contribution < -0.4 is 5.73 Å². The Morgan fingerprint density at radius 3 is 2.71 bits per heavy atom. The van der Waals surface area contributed by atoms with Crippen LogP contribution in [0.2, 0.25) is 0 Å². The van der Waals surface area contributed by atoms with Gasteiger partial charge in [-0.1, -0.05) is 6.42 Å². The molecule has 1 fully saturated rings. The van der Waals surface area contributed by atoms with Gasteiger partial charge in [0.25, 0.3) is 0 Å². The SMILES string of the molecule is NC1CCCc2nc(C3CCC3)sc21. The van der Waals surface area contributed by atoms with Crippen LogP contribution in [0.15, 0.2) is 0 Å². The molecular formula is C11H16N2S. The number of thiazole rings is 1. The second-order valence-corrected chi connectivity index (χ2v) is 5.55. The van der Waals surface area contributed by atoms with Gasteiger partial charge in [-0.15, -0.1) is 11.3 Å². The van der Waals surface area contributed by atoms with E-state index in [4.69, 9.17) is 10.7 Å². The lowest BCUT2D eigenvalue weighted by Gasteiger charge is -2.22. The lowest BCUT2D eigenvalue weighted by molar-refractivity contribution is 0.417. The van der Waals surface area contributed by atoms with Gasteiger partial charge in [-0.05, 0) is 32.1 Å². The first-order chi connectivity index (χ1) is 6.84. The van der Waals surface area contributed by atoms with E-state index in [9.17, 15) is 0 Å². The number of hydrogen-bond acceptors (Lipinski definition) is 3. The van der Waals surface area contributed by atoms with Crippen LogP contribution in [0.3, 0.4) is 0 Å². The van der Waals surface area contributed by atoms with E-state index in [0.717, 1.165) is 18.8 Å². The average molecular weight is 208 g/mol. The first-order valence-corrected chi connectivity index (χ1v) is 6.41. The van der Waals surface area contributed by atoms with Crippen molar-refractivity contribution in [2.75, 3.05) is 0 Å². The van der Waals surface area contributed by atoms with E-state index in [1.807, 2.05) is 11.3 Å². The Morgan fingerprint density at radius 2 is 2.07 bits per heavy atom. The molecule has 2 nitrogen and oxygen atoms in total. The highest BCUT2D eigenvalue weighted by Crippen LogP contribution is 2.42. The first-order valence-electron chi connectivity index (χ1n) is 5.59. The van der Waals surface area contributed by atoms with Gasteiger partial charge in [0, 0.05) is 16.8 Å². The molecule has 1 atom stereocenters. The van der Waals surface area contributed by atoms with Crippen LogP contribution in [0.25, 0.3) is 0 Å². The molecule has 2 aliphatic carbocycles. The van der Waals surface area contributed by atoms with Crippen molar-refractivity contribution in [3.63, 3.8) is 0 Å². The van der Waals surface area contributed by atoms with Crippen molar-refractivity contribution in [1.82, 2.24) is 4.98 Å². The first kappa shape index (κ1) is 8.86. The summed E-state index contributed by atoms with van der Waals surface area (Å²) in [5.41, 5.74) is 7.41. The summed E-state index contributed by atoms with van der Waals surface area (Å²) in [4.78, 5) is 6.15. The lowest BCUT2D eigenvalue weighted by atomic mass is 9.86. The lowest BCUT2D eigenvalue weighted by Crippen LogP contribution is -2.15. The Hall–Kier alpha value is -0.410. The monoisotopic (exact) mass is 208 g/mol. The molecule has 3 rings (SSSR count). The molecule has 0 aromatic carbocycles. The van der Waals surface area contributed by atoms with Crippen LogP contribution in [0.5, 0.6) is 0 Å². The van der Waals surface area contributed by atoms with Gasteiger partial charge in [-0.3, -0.25) is 0 Å². The maximum Gasteiger partial charge on any atom is 0.0962 e. The van der Waals surface area contributed by atoms with Crippen molar-refractivity contribution in [1.29, 1.82) is 0 Å². The number of nitrogens with zero attached hydrogens (tertiary/aromatic N) is 1. The predicted octanol–water partition coefficient (Wildman–Crippen LogP) is 2.75. The summed E-state index contributed by atoms with van der Waals surface area (Å²) in [5.74, 6) is 0.776. The maximum atomic E-state index is 6.09. The molecule has 1 aromatic rings. The molecule has 0 amide bonds. The number of rotatable bonds is 1. The van der Waals surface area contributed by atoms with Gasteiger partial charge >= 0.3 is 0 Å². The minimum absolute atomic E-state index is 0.282. The van der Waals surface area contributed by atoms with Crippen LogP contribution in [-0.4, -0.2) is 4.98 Å². The van der Waals surface area contributed by atoms with Gasteiger partial charge in [-0.2, -0.15) is 0 Å². The fraction of sp³-hybridized carbons (Fsp3) is 0.727. The molecule has 1 aromatic heterocycles. The molecule has 76 valence electrons. The zero-order chi connectivity index (χ0) is 9.54. The molecule has 1 heterocycles. The molecule has 0 bridgehead atoms. The quantitative estimate of drug-likeness (QED) is 0.770. The summed E-state index contributed by atoms with van der Waals surface area (Å²) < 4.78 is 0. The summed E-state index contributed by atoms with van der Waals surface area (Å²) in [6, 6.07) is 0.282. The summed E-state index contributed by atoms with van der Waals surface area (Å²) in [7, 11) is 0.